The number of H-pyrrole nitrogens is 1. The van der Waals surface area contributed by atoms with Crippen molar-refractivity contribution in [1.29, 1.82) is 0 Å². The molecular weight excluding hydrogens is 573 g/mol. The molecule has 0 radical (unpaired) electrons. The van der Waals surface area contributed by atoms with Crippen molar-refractivity contribution in [3.05, 3.63) is 89.6 Å². The summed E-state index contributed by atoms with van der Waals surface area (Å²) in [6.07, 6.45) is 3.18. The van der Waals surface area contributed by atoms with Crippen LogP contribution in [0.2, 0.25) is 5.02 Å². The van der Waals surface area contributed by atoms with E-state index in [0.29, 0.717) is 28.1 Å². The number of rotatable bonds is 8. The van der Waals surface area contributed by atoms with Crippen LogP contribution in [-0.4, -0.2) is 38.4 Å². The summed E-state index contributed by atoms with van der Waals surface area (Å²) in [6, 6.07) is 15.5. The monoisotopic (exact) mass is 598 g/mol. The normalized spacial score (nSPS) is 12.2. The standard InChI is InChI=1S/C27H20Cl2F2N6O2.C2H6/c28-19-11-16(5-7-20(19)30)35-25-18-10-15(6-8-22(18)33-13-34-25)36-26(38)23(37-27(39)24(29)31)9-14-12-32-21-4-2-1-3-17(14)21;1-2/h1-8,10-13,23-24,32H,9H2,(H,36,38)(H,37,39)(H,33,34,35);1-2H3/t23-,24?;/m1./s1. The van der Waals surface area contributed by atoms with Crippen LogP contribution in [0.4, 0.5) is 26.0 Å². The fourth-order valence-corrected chi connectivity index (χ4v) is 4.38. The van der Waals surface area contributed by atoms with Gasteiger partial charge in [-0.3, -0.25) is 9.59 Å². The average molecular weight is 599 g/mol. The Morgan fingerprint density at radius 3 is 2.49 bits per heavy atom. The number of nitrogens with one attached hydrogen (secondary N) is 4. The Morgan fingerprint density at radius 1 is 0.976 bits per heavy atom. The summed E-state index contributed by atoms with van der Waals surface area (Å²) in [5.41, 5.74) is 0.755. The molecule has 0 fully saturated rings. The van der Waals surface area contributed by atoms with E-state index in [4.69, 9.17) is 23.2 Å². The molecule has 12 heteroatoms. The Balaban J connectivity index is 0.00000189. The number of nitrogens with zero attached hydrogens (tertiary/aromatic N) is 2. The first-order chi connectivity index (χ1) is 19.8. The molecule has 8 nitrogen and oxygen atoms in total. The quantitative estimate of drug-likeness (QED) is 0.146. The predicted molar refractivity (Wildman–Crippen MR) is 159 cm³/mol. The van der Waals surface area contributed by atoms with Gasteiger partial charge in [0.1, 0.15) is 24.0 Å². The van der Waals surface area contributed by atoms with Crippen LogP contribution in [0.1, 0.15) is 19.4 Å². The highest BCUT2D eigenvalue weighted by atomic mass is 35.5. The van der Waals surface area contributed by atoms with E-state index < -0.39 is 29.3 Å². The fraction of sp³-hybridized carbons (Fsp3) is 0.172. The van der Waals surface area contributed by atoms with Gasteiger partial charge in [0.15, 0.2) is 0 Å². The number of aromatic nitrogens is 3. The minimum Gasteiger partial charge on any atom is -0.361 e. The molecular formula is C29H26Cl2F2N6O2. The highest BCUT2D eigenvalue weighted by Gasteiger charge is 2.26. The van der Waals surface area contributed by atoms with Crippen molar-refractivity contribution < 1.29 is 18.4 Å². The highest BCUT2D eigenvalue weighted by Crippen LogP contribution is 2.28. The smallest absolute Gasteiger partial charge is 0.270 e. The van der Waals surface area contributed by atoms with E-state index in [2.05, 4.69) is 30.9 Å². The second-order valence-corrected chi connectivity index (χ2v) is 9.41. The van der Waals surface area contributed by atoms with Gasteiger partial charge in [-0.2, -0.15) is 0 Å². The zero-order valence-electron chi connectivity index (χ0n) is 22.0. The minimum absolute atomic E-state index is 0.0536. The number of alkyl halides is 2. The van der Waals surface area contributed by atoms with Crippen LogP contribution in [0, 0.1) is 5.82 Å². The van der Waals surface area contributed by atoms with Crippen molar-refractivity contribution in [2.24, 2.45) is 0 Å². The number of benzene rings is 3. The molecule has 4 N–H and O–H groups in total. The Hall–Kier alpha value is -4.28. The SMILES string of the molecule is CC.O=C(N[C@H](Cc1c[nH]c2ccccc12)C(=O)Nc1ccc2ncnc(Nc3ccc(F)c(Cl)c3)c2c1)C(F)Cl. The summed E-state index contributed by atoms with van der Waals surface area (Å²) in [7, 11) is 0. The lowest BCUT2D eigenvalue weighted by atomic mass is 10.0. The molecule has 2 aromatic heterocycles. The number of para-hydroxylation sites is 1. The number of anilines is 3. The number of amides is 2. The second-order valence-electron chi connectivity index (χ2n) is 8.62. The van der Waals surface area contributed by atoms with Crippen LogP contribution in [0.15, 0.2) is 73.2 Å². The fourth-order valence-electron chi connectivity index (χ4n) is 4.14. The topological polar surface area (TPSA) is 112 Å². The van der Waals surface area contributed by atoms with Crippen LogP contribution in [0.5, 0.6) is 0 Å². The lowest BCUT2D eigenvalue weighted by Crippen LogP contribution is -2.47. The average Bonchev–Trinajstić information content (AvgIpc) is 3.38. The number of hydrogen-bond donors (Lipinski definition) is 4. The maximum Gasteiger partial charge on any atom is 0.270 e. The summed E-state index contributed by atoms with van der Waals surface area (Å²) in [5.74, 6) is -1.86. The Kier molecular flexibility index (Phi) is 9.69. The van der Waals surface area contributed by atoms with E-state index in [1.54, 1.807) is 24.4 Å². The van der Waals surface area contributed by atoms with Gasteiger partial charge in [0.25, 0.3) is 11.5 Å². The van der Waals surface area contributed by atoms with Gasteiger partial charge in [-0.05, 0) is 48.0 Å². The Bertz CT molecular complexity index is 1700. The number of carbonyl (C=O) groups is 2. The number of carbonyl (C=O) groups excluding carboxylic acids is 2. The van der Waals surface area contributed by atoms with E-state index in [9.17, 15) is 18.4 Å². The van der Waals surface area contributed by atoms with Crippen LogP contribution in [0.25, 0.3) is 21.8 Å². The Morgan fingerprint density at radius 2 is 1.73 bits per heavy atom. The molecule has 0 saturated heterocycles. The first kappa shape index (κ1) is 29.7. The van der Waals surface area contributed by atoms with Gasteiger partial charge >= 0.3 is 0 Å². The van der Waals surface area contributed by atoms with Crippen molar-refractivity contribution in [2.75, 3.05) is 10.6 Å². The van der Waals surface area contributed by atoms with Crippen molar-refractivity contribution in [3.8, 4) is 0 Å². The molecule has 0 aliphatic rings. The maximum atomic E-state index is 13.6. The highest BCUT2D eigenvalue weighted by molar-refractivity contribution is 6.31. The van der Waals surface area contributed by atoms with Crippen LogP contribution >= 0.6 is 23.2 Å². The molecule has 1 unspecified atom stereocenters. The van der Waals surface area contributed by atoms with E-state index in [1.807, 2.05) is 38.1 Å². The molecule has 0 aliphatic heterocycles. The van der Waals surface area contributed by atoms with E-state index in [0.717, 1.165) is 16.5 Å². The van der Waals surface area contributed by atoms with Crippen molar-refractivity contribution in [3.63, 3.8) is 0 Å². The van der Waals surface area contributed by atoms with Crippen molar-refractivity contribution in [1.82, 2.24) is 20.3 Å². The zero-order valence-corrected chi connectivity index (χ0v) is 23.5. The summed E-state index contributed by atoms with van der Waals surface area (Å²) in [6.45, 7) is 4.00. The molecule has 3 aromatic carbocycles. The lowest BCUT2D eigenvalue weighted by Gasteiger charge is -2.19. The van der Waals surface area contributed by atoms with Gasteiger partial charge in [-0.15, -0.1) is 0 Å². The molecule has 0 aliphatic carbocycles. The molecule has 5 rings (SSSR count). The number of fused-ring (bicyclic) bond motifs is 2. The van der Waals surface area contributed by atoms with Gasteiger partial charge in [0.2, 0.25) is 5.91 Å². The van der Waals surface area contributed by atoms with Gasteiger partial charge in [0.05, 0.1) is 10.5 Å². The third-order valence-electron chi connectivity index (χ3n) is 6.02. The lowest BCUT2D eigenvalue weighted by molar-refractivity contribution is -0.128. The molecule has 0 saturated carbocycles. The summed E-state index contributed by atoms with van der Waals surface area (Å²) < 4.78 is 27.1. The molecule has 2 atom stereocenters. The largest absolute Gasteiger partial charge is 0.361 e. The van der Waals surface area contributed by atoms with Crippen LogP contribution in [0.3, 0.4) is 0 Å². The minimum atomic E-state index is -2.31. The van der Waals surface area contributed by atoms with Crippen LogP contribution < -0.4 is 16.0 Å². The van der Waals surface area contributed by atoms with E-state index in [1.165, 1.54) is 24.5 Å². The first-order valence-electron chi connectivity index (χ1n) is 12.7. The number of aromatic amines is 1. The van der Waals surface area contributed by atoms with Gasteiger partial charge in [-0.1, -0.05) is 55.2 Å². The molecule has 5 aromatic rings. The zero-order chi connectivity index (χ0) is 29.5. The summed E-state index contributed by atoms with van der Waals surface area (Å²) >= 11 is 11.2. The second kappa shape index (κ2) is 13.4. The third kappa shape index (κ3) is 7.08. The molecule has 41 heavy (non-hydrogen) atoms. The molecule has 2 heterocycles. The maximum absolute atomic E-state index is 13.6. The van der Waals surface area contributed by atoms with Crippen molar-refractivity contribution >= 4 is 74.0 Å². The van der Waals surface area contributed by atoms with E-state index >= 15 is 0 Å². The molecule has 2 amide bonds. The van der Waals surface area contributed by atoms with Gasteiger partial charge in [-0.25, -0.2) is 18.7 Å². The molecule has 0 bridgehead atoms. The summed E-state index contributed by atoms with van der Waals surface area (Å²) in [5, 5.41) is 9.58. The number of hydrogen-bond acceptors (Lipinski definition) is 5. The number of halogens is 4. The van der Waals surface area contributed by atoms with Gasteiger partial charge in [0, 0.05) is 40.3 Å². The Labute approximate surface area is 244 Å². The van der Waals surface area contributed by atoms with Crippen LogP contribution in [-0.2, 0) is 16.0 Å². The predicted octanol–water partition coefficient (Wildman–Crippen LogP) is 6.87. The van der Waals surface area contributed by atoms with Crippen molar-refractivity contribution in [2.45, 2.75) is 31.9 Å². The van der Waals surface area contributed by atoms with Gasteiger partial charge < -0.3 is 20.9 Å². The molecule has 0 spiro atoms. The first-order valence-corrected chi connectivity index (χ1v) is 13.5. The third-order valence-corrected chi connectivity index (χ3v) is 6.50. The summed E-state index contributed by atoms with van der Waals surface area (Å²) in [4.78, 5) is 37.0. The van der Waals surface area contributed by atoms with E-state index in [-0.39, 0.29) is 11.4 Å². The molecule has 212 valence electrons.